The Labute approximate surface area is 123 Å². The molecule has 1 heterocycles. The SMILES string of the molecule is CCCc1nc(Cl)c2cc(-c3ccccc3)ccc2n1. The first-order valence-corrected chi connectivity index (χ1v) is 7.17. The van der Waals surface area contributed by atoms with Gasteiger partial charge in [0.2, 0.25) is 0 Å². The third-order valence-electron chi connectivity index (χ3n) is 3.28. The van der Waals surface area contributed by atoms with Gasteiger partial charge < -0.3 is 0 Å². The van der Waals surface area contributed by atoms with E-state index in [0.29, 0.717) is 5.15 Å². The van der Waals surface area contributed by atoms with E-state index >= 15 is 0 Å². The lowest BCUT2D eigenvalue weighted by atomic mass is 10.0. The predicted octanol–water partition coefficient (Wildman–Crippen LogP) is 4.90. The molecule has 0 bridgehead atoms. The molecule has 0 aliphatic carbocycles. The van der Waals surface area contributed by atoms with Crippen molar-refractivity contribution >= 4 is 22.5 Å². The standard InChI is InChI=1S/C17H15ClN2/c1-2-6-16-19-15-10-9-13(11-14(15)17(18)20-16)12-7-4-3-5-8-12/h3-5,7-11H,2,6H2,1H3. The lowest BCUT2D eigenvalue weighted by Crippen LogP contribution is -1.96. The lowest BCUT2D eigenvalue weighted by Gasteiger charge is -2.06. The van der Waals surface area contributed by atoms with Crippen LogP contribution in [0.3, 0.4) is 0 Å². The molecular formula is C17H15ClN2. The summed E-state index contributed by atoms with van der Waals surface area (Å²) < 4.78 is 0. The number of hydrogen-bond donors (Lipinski definition) is 0. The van der Waals surface area contributed by atoms with E-state index in [1.54, 1.807) is 0 Å². The van der Waals surface area contributed by atoms with E-state index in [-0.39, 0.29) is 0 Å². The number of halogens is 1. The smallest absolute Gasteiger partial charge is 0.140 e. The van der Waals surface area contributed by atoms with Crippen LogP contribution in [0.15, 0.2) is 48.5 Å². The fourth-order valence-electron chi connectivity index (χ4n) is 2.28. The van der Waals surface area contributed by atoms with Gasteiger partial charge in [0.05, 0.1) is 5.52 Å². The highest BCUT2D eigenvalue weighted by Crippen LogP contribution is 2.27. The zero-order valence-corrected chi connectivity index (χ0v) is 12.1. The van der Waals surface area contributed by atoms with Crippen molar-refractivity contribution in [2.24, 2.45) is 0 Å². The molecule has 0 N–H and O–H groups in total. The van der Waals surface area contributed by atoms with Crippen molar-refractivity contribution in [1.82, 2.24) is 9.97 Å². The monoisotopic (exact) mass is 282 g/mol. The average Bonchev–Trinajstić information content (AvgIpc) is 2.48. The van der Waals surface area contributed by atoms with Crippen LogP contribution in [0, 0.1) is 0 Å². The summed E-state index contributed by atoms with van der Waals surface area (Å²) in [6, 6.07) is 16.4. The van der Waals surface area contributed by atoms with E-state index < -0.39 is 0 Å². The minimum atomic E-state index is 0.538. The van der Waals surface area contributed by atoms with Crippen LogP contribution >= 0.6 is 11.6 Å². The summed E-state index contributed by atoms with van der Waals surface area (Å²) in [5, 5.41) is 1.45. The van der Waals surface area contributed by atoms with Crippen molar-refractivity contribution in [3.05, 3.63) is 59.5 Å². The van der Waals surface area contributed by atoms with Crippen molar-refractivity contribution in [1.29, 1.82) is 0 Å². The maximum Gasteiger partial charge on any atom is 0.140 e. The molecule has 100 valence electrons. The van der Waals surface area contributed by atoms with E-state index in [4.69, 9.17) is 11.6 Å². The number of hydrogen-bond acceptors (Lipinski definition) is 2. The molecular weight excluding hydrogens is 268 g/mol. The van der Waals surface area contributed by atoms with Gasteiger partial charge in [-0.2, -0.15) is 0 Å². The number of benzene rings is 2. The van der Waals surface area contributed by atoms with Gasteiger partial charge in [0.25, 0.3) is 0 Å². The van der Waals surface area contributed by atoms with Gasteiger partial charge in [-0.3, -0.25) is 0 Å². The second-order valence-electron chi connectivity index (χ2n) is 4.78. The summed E-state index contributed by atoms with van der Waals surface area (Å²) in [4.78, 5) is 8.95. The zero-order valence-electron chi connectivity index (χ0n) is 11.3. The first kappa shape index (κ1) is 13.1. The molecule has 0 atom stereocenters. The summed E-state index contributed by atoms with van der Waals surface area (Å²) in [5.74, 6) is 0.817. The zero-order chi connectivity index (χ0) is 13.9. The highest BCUT2D eigenvalue weighted by molar-refractivity contribution is 6.34. The Kier molecular flexibility index (Phi) is 3.66. The van der Waals surface area contributed by atoms with E-state index in [1.165, 1.54) is 5.56 Å². The van der Waals surface area contributed by atoms with Crippen LogP contribution in [0.4, 0.5) is 0 Å². The van der Waals surface area contributed by atoms with Crippen molar-refractivity contribution < 1.29 is 0 Å². The van der Waals surface area contributed by atoms with Crippen LogP contribution in [0.5, 0.6) is 0 Å². The molecule has 3 aromatic rings. The Hall–Kier alpha value is -1.93. The summed E-state index contributed by atoms with van der Waals surface area (Å²) in [6.45, 7) is 2.11. The Morgan fingerprint density at radius 2 is 1.75 bits per heavy atom. The Morgan fingerprint density at radius 1 is 0.950 bits per heavy atom. The summed E-state index contributed by atoms with van der Waals surface area (Å²) in [5.41, 5.74) is 3.21. The second kappa shape index (κ2) is 5.59. The number of rotatable bonds is 3. The van der Waals surface area contributed by atoms with Crippen LogP contribution in [0.2, 0.25) is 5.15 Å². The van der Waals surface area contributed by atoms with Gasteiger partial charge in [-0.15, -0.1) is 0 Å². The molecule has 3 heteroatoms. The molecule has 0 saturated carbocycles. The molecule has 0 saturated heterocycles. The van der Waals surface area contributed by atoms with Gasteiger partial charge >= 0.3 is 0 Å². The van der Waals surface area contributed by atoms with Crippen LogP contribution in [0.25, 0.3) is 22.0 Å². The van der Waals surface area contributed by atoms with Crippen LogP contribution < -0.4 is 0 Å². The third-order valence-corrected chi connectivity index (χ3v) is 3.56. The maximum absolute atomic E-state index is 6.31. The first-order chi connectivity index (χ1) is 9.78. The molecule has 3 rings (SSSR count). The van der Waals surface area contributed by atoms with Gasteiger partial charge in [-0.1, -0.05) is 54.9 Å². The molecule has 2 aromatic carbocycles. The van der Waals surface area contributed by atoms with Crippen molar-refractivity contribution in [2.45, 2.75) is 19.8 Å². The van der Waals surface area contributed by atoms with Gasteiger partial charge in [-0.25, -0.2) is 9.97 Å². The van der Waals surface area contributed by atoms with E-state index in [9.17, 15) is 0 Å². The minimum Gasteiger partial charge on any atom is -0.233 e. The van der Waals surface area contributed by atoms with E-state index in [2.05, 4.69) is 41.2 Å². The Bertz CT molecular complexity index is 739. The largest absolute Gasteiger partial charge is 0.233 e. The summed E-state index contributed by atoms with van der Waals surface area (Å²) in [7, 11) is 0. The molecule has 0 unspecified atom stereocenters. The fraction of sp³-hybridized carbons (Fsp3) is 0.176. The molecule has 0 fully saturated rings. The molecule has 0 aliphatic heterocycles. The van der Waals surface area contributed by atoms with Crippen molar-refractivity contribution in [3.63, 3.8) is 0 Å². The molecule has 0 radical (unpaired) electrons. The number of aryl methyl sites for hydroxylation is 1. The topological polar surface area (TPSA) is 25.8 Å². The minimum absolute atomic E-state index is 0.538. The molecule has 0 spiro atoms. The Balaban J connectivity index is 2.12. The molecule has 0 aliphatic rings. The van der Waals surface area contributed by atoms with Crippen LogP contribution in [0.1, 0.15) is 19.2 Å². The summed E-state index contributed by atoms with van der Waals surface area (Å²) in [6.07, 6.45) is 1.88. The fourth-order valence-corrected chi connectivity index (χ4v) is 2.53. The van der Waals surface area contributed by atoms with Gasteiger partial charge in [0, 0.05) is 11.8 Å². The number of fused-ring (bicyclic) bond motifs is 1. The average molecular weight is 283 g/mol. The quantitative estimate of drug-likeness (QED) is 0.638. The van der Waals surface area contributed by atoms with E-state index in [1.807, 2.05) is 24.3 Å². The van der Waals surface area contributed by atoms with Gasteiger partial charge in [0.1, 0.15) is 11.0 Å². The normalized spacial score (nSPS) is 10.9. The molecule has 20 heavy (non-hydrogen) atoms. The van der Waals surface area contributed by atoms with Gasteiger partial charge in [-0.05, 0) is 29.7 Å². The highest BCUT2D eigenvalue weighted by Gasteiger charge is 2.07. The molecule has 0 amide bonds. The van der Waals surface area contributed by atoms with Gasteiger partial charge in [0.15, 0.2) is 0 Å². The number of aromatic nitrogens is 2. The number of nitrogens with zero attached hydrogens (tertiary/aromatic N) is 2. The highest BCUT2D eigenvalue weighted by atomic mass is 35.5. The molecule has 2 nitrogen and oxygen atoms in total. The maximum atomic E-state index is 6.31. The van der Waals surface area contributed by atoms with E-state index in [0.717, 1.165) is 35.1 Å². The molecule has 1 aromatic heterocycles. The predicted molar refractivity (Wildman–Crippen MR) is 84.0 cm³/mol. The van der Waals surface area contributed by atoms with Crippen LogP contribution in [-0.4, -0.2) is 9.97 Å². The van der Waals surface area contributed by atoms with Crippen molar-refractivity contribution in [3.8, 4) is 11.1 Å². The summed E-state index contributed by atoms with van der Waals surface area (Å²) >= 11 is 6.31. The first-order valence-electron chi connectivity index (χ1n) is 6.79. The third kappa shape index (κ3) is 2.52. The lowest BCUT2D eigenvalue weighted by molar-refractivity contribution is 0.844. The Morgan fingerprint density at radius 3 is 2.50 bits per heavy atom. The van der Waals surface area contributed by atoms with Crippen LogP contribution in [-0.2, 0) is 6.42 Å². The van der Waals surface area contributed by atoms with Crippen molar-refractivity contribution in [2.75, 3.05) is 0 Å². The second-order valence-corrected chi connectivity index (χ2v) is 5.14.